The molecule has 0 bridgehead atoms. The van der Waals surface area contributed by atoms with Crippen molar-refractivity contribution in [1.29, 1.82) is 0 Å². The maximum Gasteiger partial charge on any atom is 0.417 e. The topological polar surface area (TPSA) is 138 Å². The van der Waals surface area contributed by atoms with Gasteiger partial charge in [0.1, 0.15) is 22.1 Å². The molecule has 6 rings (SSSR count). The number of rotatable bonds is 7. The van der Waals surface area contributed by atoms with Crippen LogP contribution in [-0.2, 0) is 4.74 Å². The summed E-state index contributed by atoms with van der Waals surface area (Å²) >= 11 is 7.85. The van der Waals surface area contributed by atoms with E-state index in [2.05, 4.69) is 15.0 Å². The summed E-state index contributed by atoms with van der Waals surface area (Å²) in [5.41, 5.74) is 2.63. The highest BCUT2D eigenvalue weighted by molar-refractivity contribution is 7.22. The molecule has 210 valence electrons. The third-order valence-corrected chi connectivity index (χ3v) is 7.44. The predicted octanol–water partition coefficient (Wildman–Crippen LogP) is 4.70. The van der Waals surface area contributed by atoms with Gasteiger partial charge in [0.15, 0.2) is 18.1 Å². The summed E-state index contributed by atoms with van der Waals surface area (Å²) in [5, 5.41) is 10.9. The lowest BCUT2D eigenvalue weighted by atomic mass is 10.1. The molecule has 1 aliphatic rings. The third kappa shape index (κ3) is 5.34. The number of aliphatic hydroxyl groups excluding tert-OH is 1. The molecule has 4 heterocycles. The van der Waals surface area contributed by atoms with Gasteiger partial charge in [-0.15, -0.1) is 11.3 Å². The van der Waals surface area contributed by atoms with Crippen LogP contribution in [-0.4, -0.2) is 71.4 Å². The van der Waals surface area contributed by atoms with Crippen LogP contribution >= 0.6 is 22.9 Å². The summed E-state index contributed by atoms with van der Waals surface area (Å²) in [6, 6.07) is 9.16. The second kappa shape index (κ2) is 11.2. The Labute approximate surface area is 242 Å². The third-order valence-electron chi connectivity index (χ3n) is 6.12. The highest BCUT2D eigenvalue weighted by Crippen LogP contribution is 2.45. The molecule has 41 heavy (non-hydrogen) atoms. The van der Waals surface area contributed by atoms with E-state index < -0.39 is 12.4 Å². The van der Waals surface area contributed by atoms with Gasteiger partial charge >= 0.3 is 12.1 Å². The number of ether oxygens (including phenoxy) is 5. The van der Waals surface area contributed by atoms with Crippen molar-refractivity contribution in [1.82, 2.24) is 19.9 Å². The fourth-order valence-corrected chi connectivity index (χ4v) is 5.44. The van der Waals surface area contributed by atoms with Crippen LogP contribution in [0.1, 0.15) is 0 Å². The first-order valence-corrected chi connectivity index (χ1v) is 13.5. The Kier molecular flexibility index (Phi) is 7.30. The zero-order chi connectivity index (χ0) is 28.5. The molecule has 0 aliphatic carbocycles. The first-order chi connectivity index (χ1) is 19.9. The van der Waals surface area contributed by atoms with Crippen molar-refractivity contribution in [2.45, 2.75) is 6.29 Å². The first kappa shape index (κ1) is 26.7. The van der Waals surface area contributed by atoms with Gasteiger partial charge in [0.05, 0.1) is 49.0 Å². The van der Waals surface area contributed by atoms with Gasteiger partial charge in [0.25, 0.3) is 6.29 Å². The fourth-order valence-electron chi connectivity index (χ4n) is 4.14. The standard InChI is InChI=1S/C27H22ClN5O7S/c1-33(16-10-30-26(31-11-16)37-6-5-34)27(35)40-21-13-38-23-20(39-21)4-3-19-24(23)41-25(32-19)18-9-15(28)7-14-8-17(36-2)12-29-22(14)18/h3-4,7-12,21,34H,5-6,13H2,1-2H3/t21-/m1/s1. The van der Waals surface area contributed by atoms with E-state index >= 15 is 0 Å². The zero-order valence-corrected chi connectivity index (χ0v) is 23.3. The van der Waals surface area contributed by atoms with Gasteiger partial charge in [0.2, 0.25) is 0 Å². The Morgan fingerprint density at radius 1 is 1.20 bits per heavy atom. The number of hydrogen-bond acceptors (Lipinski definition) is 12. The number of anilines is 1. The summed E-state index contributed by atoms with van der Waals surface area (Å²) < 4.78 is 28.7. The number of aliphatic hydroxyl groups is 1. The molecular formula is C27H22ClN5O7S. The monoisotopic (exact) mass is 595 g/mol. The number of carbonyl (C=O) groups is 1. The Morgan fingerprint density at radius 3 is 2.80 bits per heavy atom. The highest BCUT2D eigenvalue weighted by Gasteiger charge is 2.29. The predicted molar refractivity (Wildman–Crippen MR) is 151 cm³/mol. The minimum atomic E-state index is -0.980. The quantitative estimate of drug-likeness (QED) is 0.280. The van der Waals surface area contributed by atoms with Crippen LogP contribution in [0.3, 0.4) is 0 Å². The van der Waals surface area contributed by atoms with Crippen molar-refractivity contribution in [2.24, 2.45) is 0 Å². The largest absolute Gasteiger partial charge is 0.495 e. The van der Waals surface area contributed by atoms with Gasteiger partial charge in [-0.05, 0) is 30.3 Å². The number of aromatic nitrogens is 4. The van der Waals surface area contributed by atoms with Gasteiger partial charge in [-0.25, -0.2) is 19.7 Å². The van der Waals surface area contributed by atoms with Crippen molar-refractivity contribution in [3.8, 4) is 33.8 Å². The Hall–Kier alpha value is -4.46. The molecule has 0 saturated heterocycles. The number of halogens is 1. The number of pyridine rings is 1. The summed E-state index contributed by atoms with van der Waals surface area (Å²) in [6.07, 6.45) is 2.79. The van der Waals surface area contributed by atoms with Crippen LogP contribution in [0.25, 0.3) is 31.7 Å². The van der Waals surface area contributed by atoms with Gasteiger partial charge in [-0.2, -0.15) is 0 Å². The molecule has 5 aromatic rings. The molecule has 1 amide bonds. The Morgan fingerprint density at radius 2 is 2.02 bits per heavy atom. The van der Waals surface area contributed by atoms with Gasteiger partial charge in [-0.3, -0.25) is 9.88 Å². The SMILES string of the molecule is COc1cnc2c(-c3nc4ccc5c(c4s3)OC[C@@H](OC(=O)N(C)c3cnc(OCCO)nc3)O5)cc(Cl)cc2c1. The molecule has 3 aromatic heterocycles. The van der Waals surface area contributed by atoms with E-state index in [9.17, 15) is 4.79 Å². The molecule has 1 N–H and O–H groups in total. The molecule has 12 nitrogen and oxygen atoms in total. The average molecular weight is 596 g/mol. The van der Waals surface area contributed by atoms with E-state index in [1.807, 2.05) is 24.3 Å². The number of benzene rings is 2. The van der Waals surface area contributed by atoms with Crippen molar-refractivity contribution in [2.75, 3.05) is 38.9 Å². The fraction of sp³-hybridized carbons (Fsp3) is 0.222. The molecule has 0 fully saturated rings. The zero-order valence-electron chi connectivity index (χ0n) is 21.7. The van der Waals surface area contributed by atoms with Crippen LogP contribution < -0.4 is 23.8 Å². The summed E-state index contributed by atoms with van der Waals surface area (Å²) in [7, 11) is 3.10. The van der Waals surface area contributed by atoms with E-state index in [-0.39, 0.29) is 25.8 Å². The van der Waals surface area contributed by atoms with E-state index in [1.165, 1.54) is 35.7 Å². The van der Waals surface area contributed by atoms with Crippen LogP contribution in [0, 0.1) is 0 Å². The summed E-state index contributed by atoms with van der Waals surface area (Å²) in [5.74, 6) is 1.57. The minimum Gasteiger partial charge on any atom is -0.495 e. The average Bonchev–Trinajstić information content (AvgIpc) is 3.44. The smallest absolute Gasteiger partial charge is 0.417 e. The maximum absolute atomic E-state index is 12.7. The second-order valence-electron chi connectivity index (χ2n) is 8.76. The molecule has 1 atom stereocenters. The molecule has 0 radical (unpaired) electrons. The van der Waals surface area contributed by atoms with Crippen LogP contribution in [0.4, 0.5) is 10.5 Å². The number of hydrogen-bond donors (Lipinski definition) is 1. The van der Waals surface area contributed by atoms with E-state index in [0.29, 0.717) is 33.0 Å². The van der Waals surface area contributed by atoms with E-state index in [1.54, 1.807) is 19.4 Å². The van der Waals surface area contributed by atoms with Crippen molar-refractivity contribution >= 4 is 55.8 Å². The van der Waals surface area contributed by atoms with Crippen molar-refractivity contribution < 1.29 is 33.6 Å². The summed E-state index contributed by atoms with van der Waals surface area (Å²) in [6.45, 7) is -0.117. The molecule has 2 aromatic carbocycles. The number of thiazole rings is 1. The number of carbonyl (C=O) groups excluding carboxylic acids is 1. The molecule has 0 saturated carbocycles. The molecule has 14 heteroatoms. The number of amides is 1. The number of fused-ring (bicyclic) bond motifs is 4. The molecule has 0 unspecified atom stereocenters. The maximum atomic E-state index is 12.7. The number of nitrogens with zero attached hydrogens (tertiary/aromatic N) is 5. The van der Waals surface area contributed by atoms with Gasteiger partial charge < -0.3 is 28.8 Å². The second-order valence-corrected chi connectivity index (χ2v) is 10.2. The lowest BCUT2D eigenvalue weighted by molar-refractivity contribution is -0.0717. The van der Waals surface area contributed by atoms with Crippen molar-refractivity contribution in [3.05, 3.63) is 53.9 Å². The van der Waals surface area contributed by atoms with E-state index in [4.69, 9.17) is 45.4 Å². The van der Waals surface area contributed by atoms with E-state index in [0.717, 1.165) is 26.7 Å². The van der Waals surface area contributed by atoms with Crippen LogP contribution in [0.15, 0.2) is 48.9 Å². The first-order valence-electron chi connectivity index (χ1n) is 12.3. The lowest BCUT2D eigenvalue weighted by Crippen LogP contribution is -2.38. The van der Waals surface area contributed by atoms with Gasteiger partial charge in [0, 0.05) is 23.0 Å². The van der Waals surface area contributed by atoms with Gasteiger partial charge in [-0.1, -0.05) is 11.6 Å². The van der Waals surface area contributed by atoms with Crippen LogP contribution in [0.5, 0.6) is 23.3 Å². The minimum absolute atomic E-state index is 0.0230. The van der Waals surface area contributed by atoms with Crippen LogP contribution in [0.2, 0.25) is 5.02 Å². The molecular weight excluding hydrogens is 574 g/mol. The normalized spacial score (nSPS) is 14.2. The molecule has 0 spiro atoms. The Bertz CT molecular complexity index is 1750. The summed E-state index contributed by atoms with van der Waals surface area (Å²) in [4.78, 5) is 31.4. The number of methoxy groups -OCH3 is 1. The molecule has 1 aliphatic heterocycles. The Balaban J connectivity index is 1.20. The highest BCUT2D eigenvalue weighted by atomic mass is 35.5. The van der Waals surface area contributed by atoms with Crippen molar-refractivity contribution in [3.63, 3.8) is 0 Å². The lowest BCUT2D eigenvalue weighted by Gasteiger charge is -2.27.